The number of nitrogens with zero attached hydrogens (tertiary/aromatic N) is 2. The predicted octanol–water partition coefficient (Wildman–Crippen LogP) is 3.84. The quantitative estimate of drug-likeness (QED) is 0.361. The van der Waals surface area contributed by atoms with Gasteiger partial charge < -0.3 is 0 Å². The molecule has 2 rings (SSSR count). The largest absolute Gasteiger partial charge is 0.270 e. The predicted molar refractivity (Wildman–Crippen MR) is 67.7 cm³/mol. The van der Waals surface area contributed by atoms with Crippen LogP contribution in [0.3, 0.4) is 0 Å². The summed E-state index contributed by atoms with van der Waals surface area (Å²) in [6.07, 6.45) is 0. The Hall–Kier alpha value is -1.39. The normalized spacial score (nSPS) is 10.8. The number of aryl methyl sites for hydroxylation is 1. The van der Waals surface area contributed by atoms with Crippen molar-refractivity contribution in [3.05, 3.63) is 44.6 Å². The molecule has 1 aromatic carbocycles. The van der Waals surface area contributed by atoms with E-state index in [1.807, 2.05) is 0 Å². The van der Waals surface area contributed by atoms with Crippen molar-refractivity contribution >= 4 is 39.8 Å². The summed E-state index contributed by atoms with van der Waals surface area (Å²) in [5.74, 6) is 0.226. The van der Waals surface area contributed by atoms with Crippen LogP contribution >= 0.6 is 23.2 Å². The smallest absolute Gasteiger partial charge is 0.258 e. The molecule has 1 aromatic heterocycles. The highest BCUT2D eigenvalue weighted by Gasteiger charge is 2.12. The third-order valence-electron chi connectivity index (χ3n) is 2.47. The number of nitro groups is 1. The van der Waals surface area contributed by atoms with Crippen LogP contribution < -0.4 is 0 Å². The molecule has 0 spiro atoms. The van der Waals surface area contributed by atoms with E-state index in [0.717, 1.165) is 5.56 Å². The van der Waals surface area contributed by atoms with E-state index < -0.39 is 4.92 Å². The van der Waals surface area contributed by atoms with Gasteiger partial charge in [0.15, 0.2) is 0 Å². The molecule has 0 bridgehead atoms. The molecule has 2 aromatic rings. The van der Waals surface area contributed by atoms with Gasteiger partial charge >= 0.3 is 0 Å². The molecule has 0 aliphatic carbocycles. The van der Waals surface area contributed by atoms with Crippen LogP contribution in [0.4, 0.5) is 5.69 Å². The minimum absolute atomic E-state index is 0.0413. The first-order valence-electron chi connectivity index (χ1n) is 4.83. The fraction of sp³-hybridized carbons (Fsp3) is 0.182. The van der Waals surface area contributed by atoms with E-state index in [2.05, 4.69) is 4.98 Å². The van der Waals surface area contributed by atoms with Crippen LogP contribution in [-0.4, -0.2) is 9.91 Å². The molecule has 1 heterocycles. The van der Waals surface area contributed by atoms with Crippen LogP contribution in [0, 0.1) is 17.0 Å². The molecule has 4 nitrogen and oxygen atoms in total. The molecule has 17 heavy (non-hydrogen) atoms. The lowest BCUT2D eigenvalue weighted by molar-refractivity contribution is -0.384. The summed E-state index contributed by atoms with van der Waals surface area (Å²) < 4.78 is 0. The van der Waals surface area contributed by atoms with Gasteiger partial charge in [0.1, 0.15) is 5.15 Å². The Morgan fingerprint density at radius 1 is 1.41 bits per heavy atom. The Labute approximate surface area is 107 Å². The first-order chi connectivity index (χ1) is 8.02. The lowest BCUT2D eigenvalue weighted by Gasteiger charge is -2.05. The number of non-ortho nitro benzene ring substituents is 1. The highest BCUT2D eigenvalue weighted by Crippen LogP contribution is 2.27. The molecule has 0 radical (unpaired) electrons. The van der Waals surface area contributed by atoms with E-state index in [4.69, 9.17) is 23.2 Å². The second kappa shape index (κ2) is 4.47. The Bertz CT molecular complexity index is 614. The maximum Gasteiger partial charge on any atom is 0.270 e. The van der Waals surface area contributed by atoms with Crippen LogP contribution in [0.1, 0.15) is 11.1 Å². The minimum Gasteiger partial charge on any atom is -0.258 e. The van der Waals surface area contributed by atoms with E-state index in [9.17, 15) is 10.1 Å². The van der Waals surface area contributed by atoms with E-state index in [-0.39, 0.29) is 11.6 Å². The fourth-order valence-corrected chi connectivity index (χ4v) is 2.14. The number of hydrogen-bond donors (Lipinski definition) is 0. The van der Waals surface area contributed by atoms with Gasteiger partial charge in [0.05, 0.1) is 16.3 Å². The minimum atomic E-state index is -0.429. The maximum absolute atomic E-state index is 10.8. The summed E-state index contributed by atoms with van der Waals surface area (Å²) in [5.41, 5.74) is 2.09. The van der Waals surface area contributed by atoms with Crippen molar-refractivity contribution in [1.29, 1.82) is 0 Å². The number of nitro benzene ring substituents is 1. The Morgan fingerprint density at radius 2 is 2.12 bits per heavy atom. The number of benzene rings is 1. The maximum atomic E-state index is 10.8. The highest BCUT2D eigenvalue weighted by atomic mass is 35.5. The topological polar surface area (TPSA) is 56.0 Å². The molecule has 0 atom stereocenters. The zero-order chi connectivity index (χ0) is 12.6. The van der Waals surface area contributed by atoms with Crippen molar-refractivity contribution in [2.45, 2.75) is 12.8 Å². The van der Waals surface area contributed by atoms with E-state index in [0.29, 0.717) is 21.6 Å². The van der Waals surface area contributed by atoms with Crippen LogP contribution in [-0.2, 0) is 5.88 Å². The molecule has 0 N–H and O–H groups in total. The molecular weight excluding hydrogens is 263 g/mol. The Morgan fingerprint density at radius 3 is 2.71 bits per heavy atom. The van der Waals surface area contributed by atoms with E-state index in [1.165, 1.54) is 12.1 Å². The standard InChI is InChI=1S/C11H8Cl2N2O2/c1-6-2-9(15(16)17)4-7-3-8(5-12)11(13)14-10(6)7/h2-4H,5H2,1H3. The van der Waals surface area contributed by atoms with Crippen molar-refractivity contribution in [2.75, 3.05) is 0 Å². The third-order valence-corrected chi connectivity index (χ3v) is 3.09. The summed E-state index contributed by atoms with van der Waals surface area (Å²) in [6, 6.07) is 4.69. The van der Waals surface area contributed by atoms with Crippen LogP contribution in [0.2, 0.25) is 5.15 Å². The highest BCUT2D eigenvalue weighted by molar-refractivity contribution is 6.31. The van der Waals surface area contributed by atoms with E-state index >= 15 is 0 Å². The monoisotopic (exact) mass is 270 g/mol. The third kappa shape index (κ3) is 2.18. The molecule has 0 saturated carbocycles. The first kappa shape index (κ1) is 12.1. The first-order valence-corrected chi connectivity index (χ1v) is 5.74. The second-order valence-electron chi connectivity index (χ2n) is 3.66. The van der Waals surface area contributed by atoms with Crippen LogP contribution in [0.25, 0.3) is 10.9 Å². The summed E-state index contributed by atoms with van der Waals surface area (Å²) in [4.78, 5) is 14.5. The van der Waals surface area contributed by atoms with Gasteiger partial charge in [-0.15, -0.1) is 11.6 Å². The van der Waals surface area contributed by atoms with Crippen molar-refractivity contribution in [3.63, 3.8) is 0 Å². The van der Waals surface area contributed by atoms with Gasteiger partial charge in [-0.3, -0.25) is 10.1 Å². The zero-order valence-electron chi connectivity index (χ0n) is 8.91. The molecule has 0 aliphatic rings. The van der Waals surface area contributed by atoms with Gasteiger partial charge in [-0.05, 0) is 18.6 Å². The molecule has 0 fully saturated rings. The van der Waals surface area contributed by atoms with Gasteiger partial charge in [-0.1, -0.05) is 11.6 Å². The second-order valence-corrected chi connectivity index (χ2v) is 4.29. The summed E-state index contributed by atoms with van der Waals surface area (Å²) in [7, 11) is 0. The SMILES string of the molecule is Cc1cc([N+](=O)[O-])cc2cc(CCl)c(Cl)nc12. The number of alkyl halides is 1. The number of rotatable bonds is 2. The molecule has 0 saturated heterocycles. The molecule has 0 unspecified atom stereocenters. The lowest BCUT2D eigenvalue weighted by atomic mass is 10.1. The van der Waals surface area contributed by atoms with Gasteiger partial charge in [-0.2, -0.15) is 0 Å². The summed E-state index contributed by atoms with van der Waals surface area (Å²) in [5, 5.41) is 11.8. The molecule has 0 aliphatic heterocycles. The average molecular weight is 271 g/mol. The molecule has 88 valence electrons. The van der Waals surface area contributed by atoms with Crippen molar-refractivity contribution in [2.24, 2.45) is 0 Å². The van der Waals surface area contributed by atoms with Gasteiger partial charge in [0.25, 0.3) is 5.69 Å². The number of aromatic nitrogens is 1. The van der Waals surface area contributed by atoms with E-state index in [1.54, 1.807) is 13.0 Å². The molecule has 6 heteroatoms. The number of halogens is 2. The number of pyridine rings is 1. The number of fused-ring (bicyclic) bond motifs is 1. The van der Waals surface area contributed by atoms with Gasteiger partial charge in [0, 0.05) is 23.1 Å². The van der Waals surface area contributed by atoms with Crippen LogP contribution in [0.15, 0.2) is 18.2 Å². The summed E-state index contributed by atoms with van der Waals surface area (Å²) in [6.45, 7) is 1.76. The van der Waals surface area contributed by atoms with Gasteiger partial charge in [0.2, 0.25) is 0 Å². The summed E-state index contributed by atoms with van der Waals surface area (Å²) >= 11 is 11.7. The van der Waals surface area contributed by atoms with Crippen molar-refractivity contribution in [3.8, 4) is 0 Å². The number of hydrogen-bond acceptors (Lipinski definition) is 3. The van der Waals surface area contributed by atoms with Crippen molar-refractivity contribution < 1.29 is 4.92 Å². The fourth-order valence-electron chi connectivity index (χ4n) is 1.67. The lowest BCUT2D eigenvalue weighted by Crippen LogP contribution is -1.93. The van der Waals surface area contributed by atoms with Crippen LogP contribution in [0.5, 0.6) is 0 Å². The Kier molecular flexibility index (Phi) is 3.17. The zero-order valence-corrected chi connectivity index (χ0v) is 10.4. The van der Waals surface area contributed by atoms with Gasteiger partial charge in [-0.25, -0.2) is 4.98 Å². The van der Waals surface area contributed by atoms with Crippen molar-refractivity contribution in [1.82, 2.24) is 4.98 Å². The average Bonchev–Trinajstić information content (AvgIpc) is 2.29. The Balaban J connectivity index is 2.78. The molecule has 0 amide bonds. The molecular formula is C11H8Cl2N2O2.